The molecule has 0 heterocycles. The average molecular weight is 273 g/mol. The molecule has 0 saturated carbocycles. The number of aliphatic hydroxyl groups excluding tert-OH is 1. The topological polar surface area (TPSA) is 64.7 Å². The van der Waals surface area contributed by atoms with Gasteiger partial charge in [-0.2, -0.15) is 0 Å². The van der Waals surface area contributed by atoms with Gasteiger partial charge < -0.3 is 20.3 Å². The molecule has 0 aliphatic rings. The van der Waals surface area contributed by atoms with E-state index >= 15 is 0 Å². The van der Waals surface area contributed by atoms with Gasteiger partial charge in [0.1, 0.15) is 6.10 Å². The van der Waals surface area contributed by atoms with Crippen LogP contribution in [-0.2, 0) is 0 Å². The molecule has 0 unspecified atom stereocenters. The third kappa shape index (κ3) is 2.56. The lowest BCUT2D eigenvalue weighted by molar-refractivity contribution is 0.213. The van der Waals surface area contributed by atoms with Crippen LogP contribution in [0, 0.1) is 6.92 Å². The monoisotopic (exact) mass is 273 g/mol. The summed E-state index contributed by atoms with van der Waals surface area (Å²) in [5.41, 5.74) is 8.84. The van der Waals surface area contributed by atoms with E-state index in [4.69, 9.17) is 15.2 Å². The van der Waals surface area contributed by atoms with Gasteiger partial charge in [-0.3, -0.25) is 0 Å². The van der Waals surface area contributed by atoms with Gasteiger partial charge in [-0.25, -0.2) is 0 Å². The van der Waals surface area contributed by atoms with E-state index in [1.807, 2.05) is 25.1 Å². The number of ether oxygens (including phenoxy) is 2. The van der Waals surface area contributed by atoms with Gasteiger partial charge in [0.15, 0.2) is 11.5 Å². The summed E-state index contributed by atoms with van der Waals surface area (Å²) in [4.78, 5) is 0. The van der Waals surface area contributed by atoms with Crippen molar-refractivity contribution in [1.82, 2.24) is 0 Å². The summed E-state index contributed by atoms with van der Waals surface area (Å²) in [6.07, 6.45) is -0.861. The van der Waals surface area contributed by atoms with Crippen LogP contribution in [0.2, 0.25) is 0 Å². The summed E-state index contributed by atoms with van der Waals surface area (Å²) in [5, 5.41) is 10.6. The zero-order valence-electron chi connectivity index (χ0n) is 11.9. The molecule has 4 nitrogen and oxygen atoms in total. The molecule has 2 aromatic carbocycles. The molecule has 0 saturated heterocycles. The number of para-hydroxylation sites is 1. The van der Waals surface area contributed by atoms with Crippen LogP contribution in [0.3, 0.4) is 0 Å². The average Bonchev–Trinajstić information content (AvgIpc) is 2.48. The fraction of sp³-hybridized carbons (Fsp3) is 0.250. The predicted molar refractivity (Wildman–Crippen MR) is 79.2 cm³/mol. The molecule has 2 aromatic rings. The second-order valence-corrected chi connectivity index (χ2v) is 4.62. The number of anilines is 1. The molecule has 3 N–H and O–H groups in total. The quantitative estimate of drug-likeness (QED) is 0.841. The highest BCUT2D eigenvalue weighted by molar-refractivity contribution is 5.56. The summed E-state index contributed by atoms with van der Waals surface area (Å²) in [6, 6.07) is 11.0. The Morgan fingerprint density at radius 3 is 2.45 bits per heavy atom. The molecule has 0 aromatic heterocycles. The highest BCUT2D eigenvalue weighted by atomic mass is 16.5. The summed E-state index contributed by atoms with van der Waals surface area (Å²) >= 11 is 0. The normalized spacial score (nSPS) is 12.0. The molecule has 106 valence electrons. The second kappa shape index (κ2) is 5.84. The van der Waals surface area contributed by atoms with E-state index in [9.17, 15) is 5.11 Å². The maximum atomic E-state index is 10.6. The van der Waals surface area contributed by atoms with Gasteiger partial charge in [-0.15, -0.1) is 0 Å². The van der Waals surface area contributed by atoms with Gasteiger partial charge in [0, 0.05) is 16.8 Å². The molecule has 0 radical (unpaired) electrons. The Hall–Kier alpha value is -2.20. The Bertz CT molecular complexity index is 611. The Kier molecular flexibility index (Phi) is 4.15. The van der Waals surface area contributed by atoms with E-state index in [-0.39, 0.29) is 0 Å². The first-order valence-corrected chi connectivity index (χ1v) is 6.33. The molecule has 0 spiro atoms. The van der Waals surface area contributed by atoms with Crippen molar-refractivity contribution in [2.75, 3.05) is 20.0 Å². The lowest BCUT2D eigenvalue weighted by Gasteiger charge is -2.19. The van der Waals surface area contributed by atoms with Gasteiger partial charge in [-0.1, -0.05) is 29.8 Å². The number of aryl methyl sites for hydroxylation is 1. The first kappa shape index (κ1) is 14.2. The Balaban J connectivity index is 2.53. The van der Waals surface area contributed by atoms with Gasteiger partial charge in [0.05, 0.1) is 14.2 Å². The number of aliphatic hydroxyl groups is 1. The molecule has 1 atom stereocenters. The standard InChI is InChI=1S/C16H19NO3/c1-10-7-8-13(17)12(9-10)15(18)11-5-4-6-14(19-2)16(11)20-3/h4-9,15,18H,17H2,1-3H3/t15-/m0/s1. The van der Waals surface area contributed by atoms with Gasteiger partial charge >= 0.3 is 0 Å². The van der Waals surface area contributed by atoms with Crippen LogP contribution in [0.25, 0.3) is 0 Å². The van der Waals surface area contributed by atoms with E-state index in [2.05, 4.69) is 0 Å². The lowest BCUT2D eigenvalue weighted by Crippen LogP contribution is -2.06. The lowest BCUT2D eigenvalue weighted by atomic mass is 9.97. The number of hydrogen-bond acceptors (Lipinski definition) is 4. The molecular formula is C16H19NO3. The van der Waals surface area contributed by atoms with Crippen LogP contribution < -0.4 is 15.2 Å². The SMILES string of the molecule is COc1cccc([C@H](O)c2cc(C)ccc2N)c1OC. The van der Waals surface area contributed by atoms with Crippen LogP contribution in [0.15, 0.2) is 36.4 Å². The zero-order chi connectivity index (χ0) is 14.7. The van der Waals surface area contributed by atoms with E-state index in [1.165, 1.54) is 0 Å². The zero-order valence-corrected chi connectivity index (χ0v) is 11.9. The Morgan fingerprint density at radius 2 is 1.80 bits per heavy atom. The summed E-state index contributed by atoms with van der Waals surface area (Å²) in [5.74, 6) is 1.10. The van der Waals surface area contributed by atoms with E-state index in [1.54, 1.807) is 32.4 Å². The van der Waals surface area contributed by atoms with Crippen LogP contribution in [0.4, 0.5) is 5.69 Å². The van der Waals surface area contributed by atoms with Crippen LogP contribution in [0.5, 0.6) is 11.5 Å². The smallest absolute Gasteiger partial charge is 0.166 e. The molecule has 0 fully saturated rings. The van der Waals surface area contributed by atoms with E-state index in [0.717, 1.165) is 5.56 Å². The molecule has 0 aliphatic heterocycles. The first-order valence-electron chi connectivity index (χ1n) is 6.33. The summed E-state index contributed by atoms with van der Waals surface area (Å²) < 4.78 is 10.6. The van der Waals surface area contributed by atoms with Crippen LogP contribution >= 0.6 is 0 Å². The number of nitrogens with two attached hydrogens (primary N) is 1. The van der Waals surface area contributed by atoms with Crippen molar-refractivity contribution in [3.8, 4) is 11.5 Å². The largest absolute Gasteiger partial charge is 0.493 e. The fourth-order valence-corrected chi connectivity index (χ4v) is 2.23. The third-order valence-corrected chi connectivity index (χ3v) is 3.26. The van der Waals surface area contributed by atoms with Gasteiger partial charge in [0.2, 0.25) is 0 Å². The van der Waals surface area contributed by atoms with E-state index < -0.39 is 6.10 Å². The predicted octanol–water partition coefficient (Wildman–Crippen LogP) is 2.68. The Morgan fingerprint density at radius 1 is 1.05 bits per heavy atom. The molecular weight excluding hydrogens is 254 g/mol. The summed E-state index contributed by atoms with van der Waals surface area (Å²) in [7, 11) is 3.11. The molecule has 0 bridgehead atoms. The van der Waals surface area contributed by atoms with Crippen molar-refractivity contribution in [2.24, 2.45) is 0 Å². The van der Waals surface area contributed by atoms with Crippen LogP contribution in [-0.4, -0.2) is 19.3 Å². The number of rotatable bonds is 4. The maximum Gasteiger partial charge on any atom is 0.166 e. The minimum Gasteiger partial charge on any atom is -0.493 e. The molecule has 20 heavy (non-hydrogen) atoms. The van der Waals surface area contributed by atoms with Crippen molar-refractivity contribution < 1.29 is 14.6 Å². The number of methoxy groups -OCH3 is 2. The molecule has 4 heteroatoms. The first-order chi connectivity index (χ1) is 9.58. The van der Waals surface area contributed by atoms with Crippen molar-refractivity contribution in [3.63, 3.8) is 0 Å². The number of benzene rings is 2. The fourth-order valence-electron chi connectivity index (χ4n) is 2.23. The van der Waals surface area contributed by atoms with Crippen LogP contribution in [0.1, 0.15) is 22.8 Å². The maximum absolute atomic E-state index is 10.6. The molecule has 2 rings (SSSR count). The third-order valence-electron chi connectivity index (χ3n) is 3.26. The van der Waals surface area contributed by atoms with Crippen molar-refractivity contribution in [1.29, 1.82) is 0 Å². The van der Waals surface area contributed by atoms with Gasteiger partial charge in [0.25, 0.3) is 0 Å². The Labute approximate surface area is 118 Å². The minimum absolute atomic E-state index is 0.517. The minimum atomic E-state index is -0.861. The van der Waals surface area contributed by atoms with Crippen molar-refractivity contribution >= 4 is 5.69 Å². The molecule has 0 amide bonds. The van der Waals surface area contributed by atoms with Crippen molar-refractivity contribution in [3.05, 3.63) is 53.1 Å². The molecule has 0 aliphatic carbocycles. The van der Waals surface area contributed by atoms with E-state index in [0.29, 0.717) is 28.3 Å². The van der Waals surface area contributed by atoms with Crippen molar-refractivity contribution in [2.45, 2.75) is 13.0 Å². The second-order valence-electron chi connectivity index (χ2n) is 4.62. The number of hydrogen-bond donors (Lipinski definition) is 2. The summed E-state index contributed by atoms with van der Waals surface area (Å²) in [6.45, 7) is 1.96. The highest BCUT2D eigenvalue weighted by Crippen LogP contribution is 2.38. The van der Waals surface area contributed by atoms with Gasteiger partial charge in [-0.05, 0) is 19.1 Å². The highest BCUT2D eigenvalue weighted by Gasteiger charge is 2.20. The number of nitrogen functional groups attached to an aromatic ring is 1.